The summed E-state index contributed by atoms with van der Waals surface area (Å²) in [6.45, 7) is 1.94. The summed E-state index contributed by atoms with van der Waals surface area (Å²) >= 11 is 7.74. The van der Waals surface area contributed by atoms with Gasteiger partial charge in [0.2, 0.25) is 5.91 Å². The van der Waals surface area contributed by atoms with Gasteiger partial charge >= 0.3 is 0 Å². The minimum absolute atomic E-state index is 0.0285. The lowest BCUT2D eigenvalue weighted by molar-refractivity contribution is -0.117. The van der Waals surface area contributed by atoms with Gasteiger partial charge in [0.15, 0.2) is 16.8 Å². The summed E-state index contributed by atoms with van der Waals surface area (Å²) in [5, 5.41) is 9.95. The quantitative estimate of drug-likeness (QED) is 0.235. The van der Waals surface area contributed by atoms with Crippen LogP contribution in [0.5, 0.6) is 0 Å². The highest BCUT2D eigenvalue weighted by Crippen LogP contribution is 2.30. The van der Waals surface area contributed by atoms with E-state index in [1.807, 2.05) is 41.0 Å². The first-order valence-corrected chi connectivity index (χ1v) is 12.2. The van der Waals surface area contributed by atoms with E-state index >= 15 is 0 Å². The molecule has 0 atom stereocenters. The van der Waals surface area contributed by atoms with Crippen LogP contribution in [-0.2, 0) is 16.1 Å². The maximum absolute atomic E-state index is 12.9. The maximum atomic E-state index is 12.9. The third-order valence-electron chi connectivity index (χ3n) is 5.45. The number of ketones is 1. The topological polar surface area (TPSA) is 77.3 Å². The highest BCUT2D eigenvalue weighted by Gasteiger charge is 2.23. The summed E-state index contributed by atoms with van der Waals surface area (Å²) in [6, 6.07) is 14.8. The summed E-state index contributed by atoms with van der Waals surface area (Å²) in [5.74, 6) is 0.952. The second-order valence-corrected chi connectivity index (χ2v) is 9.04. The molecule has 2 aromatic carbocycles. The Morgan fingerprint density at radius 1 is 1.18 bits per heavy atom. The molecule has 2 heterocycles. The van der Waals surface area contributed by atoms with Crippen LogP contribution in [0.3, 0.4) is 0 Å². The van der Waals surface area contributed by atoms with Crippen LogP contribution in [0.15, 0.2) is 53.7 Å². The van der Waals surface area contributed by atoms with Gasteiger partial charge in [-0.3, -0.25) is 9.59 Å². The second-order valence-electron chi connectivity index (χ2n) is 7.70. The number of carbonyl (C=O) groups is 2. The standard InChI is InChI=1S/C24H25ClN4O3S/c1-32-14-6-13-29-23(19-9-2-3-10-20(19)25)26-27-24(29)33-16-21(30)17-7-4-8-18(15-17)28-12-5-11-22(28)31/h2-4,7-10,15H,5-6,11-14,16H2,1H3. The van der Waals surface area contributed by atoms with Crippen LogP contribution in [0.1, 0.15) is 29.6 Å². The smallest absolute Gasteiger partial charge is 0.227 e. The van der Waals surface area contributed by atoms with Crippen molar-refractivity contribution in [3.05, 3.63) is 59.1 Å². The zero-order chi connectivity index (χ0) is 23.2. The second kappa shape index (κ2) is 11.0. The van der Waals surface area contributed by atoms with E-state index in [1.165, 1.54) is 11.8 Å². The molecule has 9 heteroatoms. The van der Waals surface area contributed by atoms with Crippen LogP contribution in [-0.4, -0.2) is 52.5 Å². The van der Waals surface area contributed by atoms with Crippen molar-refractivity contribution in [2.75, 3.05) is 30.9 Å². The third kappa shape index (κ3) is 5.46. The predicted molar refractivity (Wildman–Crippen MR) is 130 cm³/mol. The largest absolute Gasteiger partial charge is 0.385 e. The maximum Gasteiger partial charge on any atom is 0.227 e. The molecule has 1 aromatic heterocycles. The number of carbonyl (C=O) groups excluding carboxylic acids is 2. The molecule has 0 spiro atoms. The van der Waals surface area contributed by atoms with Crippen LogP contribution in [0.25, 0.3) is 11.4 Å². The number of nitrogens with zero attached hydrogens (tertiary/aromatic N) is 4. The van der Waals surface area contributed by atoms with Crippen molar-refractivity contribution < 1.29 is 14.3 Å². The average Bonchev–Trinajstić information content (AvgIpc) is 3.44. The third-order valence-corrected chi connectivity index (χ3v) is 6.74. The lowest BCUT2D eigenvalue weighted by atomic mass is 10.1. The highest BCUT2D eigenvalue weighted by molar-refractivity contribution is 7.99. The first kappa shape index (κ1) is 23.5. The number of Topliss-reactive ketones (excluding diaryl/α,β-unsaturated/α-hetero) is 1. The summed E-state index contributed by atoms with van der Waals surface area (Å²) in [5.41, 5.74) is 2.15. The molecule has 1 fully saturated rings. The van der Waals surface area contributed by atoms with Gasteiger partial charge in [-0.2, -0.15) is 0 Å². The average molecular weight is 485 g/mol. The van der Waals surface area contributed by atoms with Gasteiger partial charge in [0, 0.05) is 50.0 Å². The van der Waals surface area contributed by atoms with Crippen molar-refractivity contribution in [2.45, 2.75) is 31.0 Å². The van der Waals surface area contributed by atoms with Crippen LogP contribution in [0.4, 0.5) is 5.69 Å². The van der Waals surface area contributed by atoms with Gasteiger partial charge in [-0.25, -0.2) is 0 Å². The fourth-order valence-electron chi connectivity index (χ4n) is 3.79. The molecule has 0 N–H and O–H groups in total. The molecule has 0 unspecified atom stereocenters. The summed E-state index contributed by atoms with van der Waals surface area (Å²) in [6.07, 6.45) is 2.18. The molecule has 7 nitrogen and oxygen atoms in total. The van der Waals surface area contributed by atoms with Crippen LogP contribution in [0.2, 0.25) is 5.02 Å². The van der Waals surface area contributed by atoms with E-state index in [4.69, 9.17) is 16.3 Å². The zero-order valence-corrected chi connectivity index (χ0v) is 19.9. The number of methoxy groups -OCH3 is 1. The van der Waals surface area contributed by atoms with E-state index in [0.29, 0.717) is 47.7 Å². The Hall–Kier alpha value is -2.68. The Morgan fingerprint density at radius 2 is 2.03 bits per heavy atom. The van der Waals surface area contributed by atoms with Gasteiger partial charge in [0.25, 0.3) is 0 Å². The molecule has 1 amide bonds. The molecule has 1 aliphatic rings. The molecule has 1 aliphatic heterocycles. The van der Waals surface area contributed by atoms with E-state index in [9.17, 15) is 9.59 Å². The van der Waals surface area contributed by atoms with Crippen molar-refractivity contribution in [1.82, 2.24) is 14.8 Å². The van der Waals surface area contributed by atoms with Crippen molar-refractivity contribution in [2.24, 2.45) is 0 Å². The van der Waals surface area contributed by atoms with Crippen LogP contribution >= 0.6 is 23.4 Å². The van der Waals surface area contributed by atoms with Crippen LogP contribution < -0.4 is 4.90 Å². The Bertz CT molecular complexity index is 1150. The highest BCUT2D eigenvalue weighted by atomic mass is 35.5. The summed E-state index contributed by atoms with van der Waals surface area (Å²) in [7, 11) is 1.67. The molecule has 0 bridgehead atoms. The number of hydrogen-bond donors (Lipinski definition) is 0. The molecule has 0 saturated carbocycles. The SMILES string of the molecule is COCCCn1c(SCC(=O)c2cccc(N3CCCC3=O)c2)nnc1-c1ccccc1Cl. The Labute approximate surface area is 202 Å². The van der Waals surface area contributed by atoms with Crippen molar-refractivity contribution >= 4 is 40.7 Å². The number of hydrogen-bond acceptors (Lipinski definition) is 6. The van der Waals surface area contributed by atoms with Gasteiger partial charge in [0.05, 0.1) is 10.8 Å². The number of halogens is 1. The lowest BCUT2D eigenvalue weighted by Gasteiger charge is -2.16. The fourth-order valence-corrected chi connectivity index (χ4v) is 4.87. The number of rotatable bonds is 10. The number of thioether (sulfide) groups is 1. The molecular formula is C24H25ClN4O3S. The van der Waals surface area contributed by atoms with E-state index < -0.39 is 0 Å². The van der Waals surface area contributed by atoms with Gasteiger partial charge in [0.1, 0.15) is 0 Å². The lowest BCUT2D eigenvalue weighted by Crippen LogP contribution is -2.23. The van der Waals surface area contributed by atoms with Crippen molar-refractivity contribution in [3.63, 3.8) is 0 Å². The first-order chi connectivity index (χ1) is 16.1. The van der Waals surface area contributed by atoms with Crippen molar-refractivity contribution in [1.29, 1.82) is 0 Å². The molecule has 0 radical (unpaired) electrons. The first-order valence-electron chi connectivity index (χ1n) is 10.8. The molecule has 3 aromatic rings. The normalized spacial score (nSPS) is 13.6. The number of amides is 1. The predicted octanol–water partition coefficient (Wildman–Crippen LogP) is 4.74. The van der Waals surface area contributed by atoms with Crippen LogP contribution in [0, 0.1) is 0 Å². The molecule has 33 heavy (non-hydrogen) atoms. The molecule has 4 rings (SSSR count). The Kier molecular flexibility index (Phi) is 7.80. The fraction of sp³-hybridized carbons (Fsp3) is 0.333. The van der Waals surface area contributed by atoms with Gasteiger partial charge in [-0.15, -0.1) is 10.2 Å². The molecular weight excluding hydrogens is 460 g/mol. The number of benzene rings is 2. The zero-order valence-electron chi connectivity index (χ0n) is 18.4. The molecule has 172 valence electrons. The minimum atomic E-state index is -0.0285. The monoisotopic (exact) mass is 484 g/mol. The van der Waals surface area contributed by atoms with Gasteiger partial charge < -0.3 is 14.2 Å². The van der Waals surface area contributed by atoms with E-state index in [1.54, 1.807) is 24.1 Å². The van der Waals surface area contributed by atoms with E-state index in [-0.39, 0.29) is 17.4 Å². The molecule has 0 aliphatic carbocycles. The van der Waals surface area contributed by atoms with Crippen molar-refractivity contribution in [3.8, 4) is 11.4 Å². The minimum Gasteiger partial charge on any atom is -0.385 e. The number of aromatic nitrogens is 3. The van der Waals surface area contributed by atoms with Gasteiger partial charge in [-0.1, -0.05) is 47.6 Å². The summed E-state index contributed by atoms with van der Waals surface area (Å²) in [4.78, 5) is 26.7. The van der Waals surface area contributed by atoms with Gasteiger partial charge in [-0.05, 0) is 37.1 Å². The summed E-state index contributed by atoms with van der Waals surface area (Å²) < 4.78 is 7.18. The molecule has 1 saturated heterocycles. The van der Waals surface area contributed by atoms with E-state index in [0.717, 1.165) is 24.1 Å². The number of anilines is 1. The van der Waals surface area contributed by atoms with E-state index in [2.05, 4.69) is 10.2 Å². The Morgan fingerprint density at radius 3 is 2.79 bits per heavy atom. The number of ether oxygens (including phenoxy) is 1. The Balaban J connectivity index is 1.51.